The Kier molecular flexibility index (Phi) is 4.63. The highest BCUT2D eigenvalue weighted by Crippen LogP contribution is 2.30. The number of carbonyl (C=O) groups excluding carboxylic acids is 1. The molecule has 0 aliphatic rings. The fourth-order valence-electron chi connectivity index (χ4n) is 2.26. The van der Waals surface area contributed by atoms with Crippen LogP contribution in [0.3, 0.4) is 0 Å². The largest absolute Gasteiger partial charge is 0.368 e. The number of amides is 1. The van der Waals surface area contributed by atoms with Crippen LogP contribution in [0.2, 0.25) is 0 Å². The van der Waals surface area contributed by atoms with E-state index in [2.05, 4.69) is 21.2 Å². The summed E-state index contributed by atoms with van der Waals surface area (Å²) in [6, 6.07) is 13.2. The summed E-state index contributed by atoms with van der Waals surface area (Å²) in [7, 11) is 0. The van der Waals surface area contributed by atoms with Crippen LogP contribution in [0, 0.1) is 5.82 Å². The van der Waals surface area contributed by atoms with Crippen molar-refractivity contribution in [2.45, 2.75) is 18.9 Å². The molecule has 3 nitrogen and oxygen atoms in total. The minimum Gasteiger partial charge on any atom is -0.368 e. The zero-order chi connectivity index (χ0) is 15.5. The van der Waals surface area contributed by atoms with Crippen molar-refractivity contribution in [1.82, 2.24) is 0 Å². The summed E-state index contributed by atoms with van der Waals surface area (Å²) in [4.78, 5) is 12.1. The van der Waals surface area contributed by atoms with E-state index in [1.54, 1.807) is 12.1 Å². The minimum absolute atomic E-state index is 0.350. The van der Waals surface area contributed by atoms with Crippen molar-refractivity contribution >= 4 is 27.5 Å². The molecule has 2 rings (SSSR count). The van der Waals surface area contributed by atoms with Gasteiger partial charge in [0.05, 0.1) is 0 Å². The third-order valence-electron chi connectivity index (χ3n) is 3.49. The van der Waals surface area contributed by atoms with Crippen molar-refractivity contribution < 1.29 is 9.18 Å². The summed E-state index contributed by atoms with van der Waals surface area (Å²) >= 11 is 3.36. The molecule has 0 heterocycles. The monoisotopic (exact) mass is 350 g/mol. The molecule has 2 aromatic carbocycles. The molecular formula is C16H16BrFN2O. The molecule has 0 saturated heterocycles. The molecule has 5 heteroatoms. The van der Waals surface area contributed by atoms with Crippen LogP contribution in [0.4, 0.5) is 10.1 Å². The van der Waals surface area contributed by atoms with Gasteiger partial charge in [0.2, 0.25) is 5.91 Å². The van der Waals surface area contributed by atoms with E-state index in [1.807, 2.05) is 31.2 Å². The van der Waals surface area contributed by atoms with E-state index < -0.39 is 11.4 Å². The molecule has 0 saturated carbocycles. The first kappa shape index (κ1) is 15.5. The van der Waals surface area contributed by atoms with E-state index in [9.17, 15) is 9.18 Å². The molecular weight excluding hydrogens is 335 g/mol. The second kappa shape index (κ2) is 6.26. The van der Waals surface area contributed by atoms with Gasteiger partial charge in [-0.15, -0.1) is 0 Å². The molecule has 0 aliphatic heterocycles. The SMILES string of the molecule is CCC(Nc1ccc(Br)cc1)(C(N)=O)c1ccc(F)cc1. The van der Waals surface area contributed by atoms with Gasteiger partial charge in [0.15, 0.2) is 0 Å². The first-order valence-corrected chi connectivity index (χ1v) is 7.37. The maximum absolute atomic E-state index is 13.1. The smallest absolute Gasteiger partial charge is 0.247 e. The fourth-order valence-corrected chi connectivity index (χ4v) is 2.52. The summed E-state index contributed by atoms with van der Waals surface area (Å²) in [5.74, 6) is -0.851. The summed E-state index contributed by atoms with van der Waals surface area (Å²) in [6.07, 6.45) is 0.448. The average Bonchev–Trinajstić information content (AvgIpc) is 2.47. The number of nitrogens with two attached hydrogens (primary N) is 1. The van der Waals surface area contributed by atoms with Crippen molar-refractivity contribution in [1.29, 1.82) is 0 Å². The van der Waals surface area contributed by atoms with Gasteiger partial charge in [0.1, 0.15) is 11.4 Å². The van der Waals surface area contributed by atoms with Gasteiger partial charge in [0.25, 0.3) is 0 Å². The highest BCUT2D eigenvalue weighted by atomic mass is 79.9. The molecule has 1 unspecified atom stereocenters. The molecule has 0 fully saturated rings. The maximum atomic E-state index is 13.1. The van der Waals surface area contributed by atoms with Crippen molar-refractivity contribution in [3.63, 3.8) is 0 Å². The van der Waals surface area contributed by atoms with Crippen molar-refractivity contribution in [2.24, 2.45) is 5.73 Å². The first-order valence-electron chi connectivity index (χ1n) is 6.57. The van der Waals surface area contributed by atoms with Crippen LogP contribution in [-0.2, 0) is 10.3 Å². The Hall–Kier alpha value is -1.88. The lowest BCUT2D eigenvalue weighted by molar-refractivity contribution is -0.122. The van der Waals surface area contributed by atoms with E-state index in [0.29, 0.717) is 12.0 Å². The van der Waals surface area contributed by atoms with Gasteiger partial charge < -0.3 is 11.1 Å². The third-order valence-corrected chi connectivity index (χ3v) is 4.02. The van der Waals surface area contributed by atoms with E-state index >= 15 is 0 Å². The van der Waals surface area contributed by atoms with Crippen LogP contribution in [0.1, 0.15) is 18.9 Å². The molecule has 0 aromatic heterocycles. The van der Waals surface area contributed by atoms with Gasteiger partial charge in [-0.2, -0.15) is 0 Å². The van der Waals surface area contributed by atoms with E-state index in [-0.39, 0.29) is 5.82 Å². The molecule has 0 bridgehead atoms. The van der Waals surface area contributed by atoms with Gasteiger partial charge in [-0.05, 0) is 48.4 Å². The van der Waals surface area contributed by atoms with Gasteiger partial charge in [-0.1, -0.05) is 35.0 Å². The Bertz CT molecular complexity index is 628. The molecule has 0 radical (unpaired) electrons. The molecule has 110 valence electrons. The summed E-state index contributed by atoms with van der Waals surface area (Å²) < 4.78 is 14.1. The third kappa shape index (κ3) is 3.24. The molecule has 3 N–H and O–H groups in total. The summed E-state index contributed by atoms with van der Waals surface area (Å²) in [6.45, 7) is 1.86. The second-order valence-corrected chi connectivity index (χ2v) is 5.68. The highest BCUT2D eigenvalue weighted by Gasteiger charge is 2.36. The van der Waals surface area contributed by atoms with Crippen LogP contribution in [-0.4, -0.2) is 5.91 Å². The van der Waals surface area contributed by atoms with Crippen molar-refractivity contribution in [3.05, 3.63) is 64.4 Å². The van der Waals surface area contributed by atoms with Gasteiger partial charge in [0, 0.05) is 10.2 Å². The van der Waals surface area contributed by atoms with E-state index in [4.69, 9.17) is 5.73 Å². The number of halogens is 2. The number of anilines is 1. The Morgan fingerprint density at radius 1 is 1.19 bits per heavy atom. The topological polar surface area (TPSA) is 55.1 Å². The van der Waals surface area contributed by atoms with Crippen LogP contribution in [0.5, 0.6) is 0 Å². The molecule has 0 spiro atoms. The molecule has 0 aliphatic carbocycles. The number of nitrogens with one attached hydrogen (secondary N) is 1. The Morgan fingerprint density at radius 2 is 1.76 bits per heavy atom. The number of benzene rings is 2. The van der Waals surface area contributed by atoms with Crippen LogP contribution in [0.15, 0.2) is 53.0 Å². The molecule has 1 atom stereocenters. The number of hydrogen-bond acceptors (Lipinski definition) is 2. The lowest BCUT2D eigenvalue weighted by Crippen LogP contribution is -2.47. The number of primary amides is 1. The average molecular weight is 351 g/mol. The zero-order valence-corrected chi connectivity index (χ0v) is 13.2. The van der Waals surface area contributed by atoms with E-state index in [1.165, 1.54) is 12.1 Å². The number of rotatable bonds is 5. The Labute approximate surface area is 131 Å². The standard InChI is InChI=1S/C16H16BrFN2O/c1-2-16(15(19)21,11-3-7-13(18)8-4-11)20-14-9-5-12(17)6-10-14/h3-10,20H,2H2,1H3,(H2,19,21). The normalized spacial score (nSPS) is 13.5. The Morgan fingerprint density at radius 3 is 2.24 bits per heavy atom. The highest BCUT2D eigenvalue weighted by molar-refractivity contribution is 9.10. The first-order chi connectivity index (χ1) is 9.98. The van der Waals surface area contributed by atoms with Crippen molar-refractivity contribution in [2.75, 3.05) is 5.32 Å². The summed E-state index contributed by atoms with van der Waals surface area (Å²) in [5.41, 5.74) is 5.97. The van der Waals surface area contributed by atoms with Crippen LogP contribution in [0.25, 0.3) is 0 Å². The molecule has 2 aromatic rings. The maximum Gasteiger partial charge on any atom is 0.247 e. The number of carbonyl (C=O) groups is 1. The van der Waals surface area contributed by atoms with Crippen LogP contribution < -0.4 is 11.1 Å². The number of hydrogen-bond donors (Lipinski definition) is 2. The molecule has 21 heavy (non-hydrogen) atoms. The van der Waals surface area contributed by atoms with Gasteiger partial charge in [-0.3, -0.25) is 4.79 Å². The minimum atomic E-state index is -1.07. The quantitative estimate of drug-likeness (QED) is 0.861. The Balaban J connectivity index is 2.44. The van der Waals surface area contributed by atoms with Gasteiger partial charge in [-0.25, -0.2) is 4.39 Å². The van der Waals surface area contributed by atoms with Crippen LogP contribution >= 0.6 is 15.9 Å². The van der Waals surface area contributed by atoms with Crippen molar-refractivity contribution in [3.8, 4) is 0 Å². The van der Waals surface area contributed by atoms with E-state index in [0.717, 1.165) is 10.2 Å². The lowest BCUT2D eigenvalue weighted by atomic mass is 9.86. The predicted molar refractivity (Wildman–Crippen MR) is 85.3 cm³/mol. The fraction of sp³-hybridized carbons (Fsp3) is 0.188. The van der Waals surface area contributed by atoms with Gasteiger partial charge >= 0.3 is 0 Å². The predicted octanol–water partition coefficient (Wildman–Crippen LogP) is 3.79. The second-order valence-electron chi connectivity index (χ2n) is 4.76. The molecule has 1 amide bonds. The zero-order valence-electron chi connectivity index (χ0n) is 11.6. The lowest BCUT2D eigenvalue weighted by Gasteiger charge is -2.32. The summed E-state index contributed by atoms with van der Waals surface area (Å²) in [5, 5.41) is 3.19.